The van der Waals surface area contributed by atoms with Gasteiger partial charge in [0.1, 0.15) is 0 Å². The summed E-state index contributed by atoms with van der Waals surface area (Å²) in [5.41, 5.74) is 1.82. The highest BCUT2D eigenvalue weighted by Gasteiger charge is 2.22. The van der Waals surface area contributed by atoms with Crippen LogP contribution in [0.5, 0.6) is 0 Å². The van der Waals surface area contributed by atoms with Gasteiger partial charge in [-0.3, -0.25) is 19.6 Å². The molecule has 0 aliphatic carbocycles. The quantitative estimate of drug-likeness (QED) is 0.928. The molecular formula is C19H22N4O2. The summed E-state index contributed by atoms with van der Waals surface area (Å²) in [5.74, 6) is 0.214. The van der Waals surface area contributed by atoms with E-state index in [-0.39, 0.29) is 11.8 Å². The summed E-state index contributed by atoms with van der Waals surface area (Å²) in [4.78, 5) is 34.9. The Kier molecular flexibility index (Phi) is 5.38. The van der Waals surface area contributed by atoms with Crippen LogP contribution >= 0.6 is 0 Å². The molecule has 6 heteroatoms. The maximum absolute atomic E-state index is 12.6. The minimum Gasteiger partial charge on any atom is -0.348 e. The van der Waals surface area contributed by atoms with Crippen LogP contribution in [0.25, 0.3) is 0 Å². The van der Waals surface area contributed by atoms with Crippen molar-refractivity contribution >= 4 is 11.8 Å². The van der Waals surface area contributed by atoms with Gasteiger partial charge in [0.05, 0.1) is 11.1 Å². The zero-order valence-electron chi connectivity index (χ0n) is 14.3. The standard InChI is InChI=1S/C19H22N4O2/c1-14-3-2-8-23(13-14)19(25)17-9-16(11-21-12-17)18(24)22-10-15-4-6-20-7-5-15/h4-7,9,11-12,14H,2-3,8,10,13H2,1H3,(H,22,24). The van der Waals surface area contributed by atoms with E-state index in [1.54, 1.807) is 18.5 Å². The Labute approximate surface area is 147 Å². The van der Waals surface area contributed by atoms with E-state index in [1.807, 2.05) is 17.0 Å². The molecule has 1 unspecified atom stereocenters. The third-order valence-corrected chi connectivity index (χ3v) is 4.39. The second-order valence-corrected chi connectivity index (χ2v) is 6.50. The Morgan fingerprint density at radius 2 is 1.96 bits per heavy atom. The van der Waals surface area contributed by atoms with Crippen molar-refractivity contribution in [1.82, 2.24) is 20.2 Å². The normalized spacial score (nSPS) is 17.2. The average Bonchev–Trinajstić information content (AvgIpc) is 2.66. The van der Waals surface area contributed by atoms with Gasteiger partial charge < -0.3 is 10.2 Å². The van der Waals surface area contributed by atoms with Gasteiger partial charge in [0.2, 0.25) is 0 Å². The Morgan fingerprint density at radius 3 is 2.72 bits per heavy atom. The monoisotopic (exact) mass is 338 g/mol. The third-order valence-electron chi connectivity index (χ3n) is 4.39. The van der Waals surface area contributed by atoms with Crippen molar-refractivity contribution in [2.45, 2.75) is 26.3 Å². The SMILES string of the molecule is CC1CCCN(C(=O)c2cncc(C(=O)NCc3ccncc3)c2)C1. The van der Waals surface area contributed by atoms with Gasteiger partial charge in [-0.1, -0.05) is 6.92 Å². The molecule has 6 nitrogen and oxygen atoms in total. The van der Waals surface area contributed by atoms with E-state index in [2.05, 4.69) is 22.2 Å². The first-order chi connectivity index (χ1) is 12.1. The van der Waals surface area contributed by atoms with Crippen LogP contribution in [-0.2, 0) is 6.54 Å². The molecular weight excluding hydrogens is 316 g/mol. The number of nitrogens with zero attached hydrogens (tertiary/aromatic N) is 3. The molecule has 0 radical (unpaired) electrons. The van der Waals surface area contributed by atoms with Crippen LogP contribution in [0.1, 0.15) is 46.0 Å². The van der Waals surface area contributed by atoms with Crippen molar-refractivity contribution in [2.24, 2.45) is 5.92 Å². The number of amides is 2. The van der Waals surface area contributed by atoms with Crippen molar-refractivity contribution in [2.75, 3.05) is 13.1 Å². The van der Waals surface area contributed by atoms with Crippen molar-refractivity contribution in [3.63, 3.8) is 0 Å². The highest BCUT2D eigenvalue weighted by atomic mass is 16.2. The van der Waals surface area contributed by atoms with Crippen LogP contribution in [0.4, 0.5) is 0 Å². The highest BCUT2D eigenvalue weighted by molar-refractivity contribution is 5.99. The zero-order chi connectivity index (χ0) is 17.6. The molecule has 0 aromatic carbocycles. The lowest BCUT2D eigenvalue weighted by atomic mass is 9.99. The predicted molar refractivity (Wildman–Crippen MR) is 93.9 cm³/mol. The van der Waals surface area contributed by atoms with Crippen molar-refractivity contribution in [1.29, 1.82) is 0 Å². The van der Waals surface area contributed by atoms with E-state index in [9.17, 15) is 9.59 Å². The van der Waals surface area contributed by atoms with Gasteiger partial charge in [-0.15, -0.1) is 0 Å². The van der Waals surface area contributed by atoms with E-state index >= 15 is 0 Å². The first-order valence-corrected chi connectivity index (χ1v) is 8.55. The average molecular weight is 338 g/mol. The molecule has 0 saturated carbocycles. The largest absolute Gasteiger partial charge is 0.348 e. The van der Waals surface area contributed by atoms with Gasteiger partial charge in [0.15, 0.2) is 0 Å². The summed E-state index contributed by atoms with van der Waals surface area (Å²) in [6.45, 7) is 4.09. The molecule has 0 spiro atoms. The number of aromatic nitrogens is 2. The molecule has 1 N–H and O–H groups in total. The first-order valence-electron chi connectivity index (χ1n) is 8.55. The van der Waals surface area contributed by atoms with Crippen LogP contribution in [0.3, 0.4) is 0 Å². The number of hydrogen-bond acceptors (Lipinski definition) is 4. The molecule has 2 aromatic rings. The van der Waals surface area contributed by atoms with Gasteiger partial charge in [-0.2, -0.15) is 0 Å². The van der Waals surface area contributed by atoms with Crippen LogP contribution < -0.4 is 5.32 Å². The maximum atomic E-state index is 12.6. The lowest BCUT2D eigenvalue weighted by Crippen LogP contribution is -2.39. The number of rotatable bonds is 4. The molecule has 130 valence electrons. The fourth-order valence-corrected chi connectivity index (χ4v) is 3.02. The summed E-state index contributed by atoms with van der Waals surface area (Å²) < 4.78 is 0. The van der Waals surface area contributed by atoms with Gasteiger partial charge in [0, 0.05) is 44.4 Å². The lowest BCUT2D eigenvalue weighted by Gasteiger charge is -2.30. The number of nitrogens with one attached hydrogen (secondary N) is 1. The predicted octanol–water partition coefficient (Wildman–Crippen LogP) is 2.28. The first kappa shape index (κ1) is 17.1. The van der Waals surface area contributed by atoms with E-state index in [4.69, 9.17) is 0 Å². The maximum Gasteiger partial charge on any atom is 0.255 e. The van der Waals surface area contributed by atoms with Gasteiger partial charge >= 0.3 is 0 Å². The fraction of sp³-hybridized carbons (Fsp3) is 0.368. The van der Waals surface area contributed by atoms with E-state index in [0.717, 1.165) is 31.5 Å². The topological polar surface area (TPSA) is 75.2 Å². The smallest absolute Gasteiger partial charge is 0.255 e. The van der Waals surface area contributed by atoms with Crippen LogP contribution in [0.15, 0.2) is 43.0 Å². The number of pyridine rings is 2. The number of hydrogen-bond donors (Lipinski definition) is 1. The molecule has 1 saturated heterocycles. The lowest BCUT2D eigenvalue weighted by molar-refractivity contribution is 0.0682. The van der Waals surface area contributed by atoms with Gasteiger partial charge in [-0.05, 0) is 42.5 Å². The van der Waals surface area contributed by atoms with Crippen molar-refractivity contribution in [3.05, 3.63) is 59.7 Å². The van der Waals surface area contributed by atoms with Crippen LogP contribution in [-0.4, -0.2) is 39.8 Å². The van der Waals surface area contributed by atoms with E-state index in [1.165, 1.54) is 12.4 Å². The van der Waals surface area contributed by atoms with E-state index < -0.39 is 0 Å². The van der Waals surface area contributed by atoms with Gasteiger partial charge in [0.25, 0.3) is 11.8 Å². The Balaban J connectivity index is 1.66. The molecule has 0 bridgehead atoms. The summed E-state index contributed by atoms with van der Waals surface area (Å²) in [6.07, 6.45) is 8.55. The summed E-state index contributed by atoms with van der Waals surface area (Å²) in [6, 6.07) is 5.31. The summed E-state index contributed by atoms with van der Waals surface area (Å²) in [5, 5.41) is 2.84. The molecule has 1 atom stereocenters. The second-order valence-electron chi connectivity index (χ2n) is 6.50. The zero-order valence-corrected chi connectivity index (χ0v) is 14.3. The van der Waals surface area contributed by atoms with Gasteiger partial charge in [-0.25, -0.2) is 0 Å². The third kappa shape index (κ3) is 4.41. The minimum atomic E-state index is -0.244. The minimum absolute atomic E-state index is 0.0529. The molecule has 25 heavy (non-hydrogen) atoms. The summed E-state index contributed by atoms with van der Waals surface area (Å²) in [7, 11) is 0. The molecule has 1 fully saturated rings. The number of likely N-dealkylation sites (tertiary alicyclic amines) is 1. The molecule has 1 aliphatic heterocycles. The molecule has 3 heterocycles. The molecule has 1 aliphatic rings. The highest BCUT2D eigenvalue weighted by Crippen LogP contribution is 2.18. The molecule has 2 amide bonds. The number of carbonyl (C=O) groups excluding carboxylic acids is 2. The Bertz CT molecular complexity index is 748. The Morgan fingerprint density at radius 1 is 1.20 bits per heavy atom. The molecule has 2 aromatic heterocycles. The second kappa shape index (κ2) is 7.88. The summed E-state index contributed by atoms with van der Waals surface area (Å²) >= 11 is 0. The Hall–Kier alpha value is -2.76. The number of carbonyl (C=O) groups is 2. The fourth-order valence-electron chi connectivity index (χ4n) is 3.02. The van der Waals surface area contributed by atoms with E-state index in [0.29, 0.717) is 23.6 Å². The van der Waals surface area contributed by atoms with Crippen molar-refractivity contribution in [3.8, 4) is 0 Å². The van der Waals surface area contributed by atoms with Crippen molar-refractivity contribution < 1.29 is 9.59 Å². The van der Waals surface area contributed by atoms with Crippen LogP contribution in [0, 0.1) is 5.92 Å². The molecule has 3 rings (SSSR count). The number of piperidine rings is 1. The van der Waals surface area contributed by atoms with Crippen LogP contribution in [0.2, 0.25) is 0 Å².